The first kappa shape index (κ1) is 6.59. The minimum atomic E-state index is -0.329. The molecule has 3 nitrogen and oxygen atoms in total. The Bertz CT molecular complexity index is 53.7. The molecule has 3 heteroatoms. The van der Waals surface area contributed by atoms with Gasteiger partial charge in [-0.1, -0.05) is 0 Å². The fourth-order valence-electron chi connectivity index (χ4n) is 0.260. The second-order valence-electron chi connectivity index (χ2n) is 1.41. The molecule has 7 heavy (non-hydrogen) atoms. The molecular formula is C4H10N2O. The van der Waals surface area contributed by atoms with Gasteiger partial charge in [-0.15, -0.1) is 0 Å². The molecule has 0 rings (SSSR count). The van der Waals surface area contributed by atoms with Crippen LogP contribution in [0.5, 0.6) is 0 Å². The summed E-state index contributed by atoms with van der Waals surface area (Å²) in [6, 6.07) is 0. The van der Waals surface area contributed by atoms with Crippen molar-refractivity contribution < 1.29 is 4.79 Å². The molecule has 0 atom stereocenters. The van der Waals surface area contributed by atoms with Crippen LogP contribution in [-0.4, -0.2) is 12.5 Å². The van der Waals surface area contributed by atoms with Gasteiger partial charge in [0, 0.05) is 6.42 Å². The zero-order valence-electron chi connectivity index (χ0n) is 4.13. The van der Waals surface area contributed by atoms with Crippen LogP contribution in [0.15, 0.2) is 0 Å². The van der Waals surface area contributed by atoms with E-state index in [0.29, 0.717) is 12.8 Å². The van der Waals surface area contributed by atoms with Crippen LogP contribution in [0.25, 0.3) is 0 Å². The SMILES string of the molecule is NC(N)CCC=O. The van der Waals surface area contributed by atoms with Gasteiger partial charge in [0.2, 0.25) is 0 Å². The van der Waals surface area contributed by atoms with Crippen molar-refractivity contribution in [2.24, 2.45) is 11.5 Å². The Kier molecular flexibility index (Phi) is 3.55. The molecule has 0 aromatic carbocycles. The standard InChI is InChI=1S/C4H10N2O/c5-4(6)2-1-3-7/h3-4H,1-2,5-6H2. The lowest BCUT2D eigenvalue weighted by molar-refractivity contribution is -0.108. The average Bonchev–Trinajstić information content (AvgIpc) is 1.61. The van der Waals surface area contributed by atoms with Crippen molar-refractivity contribution in [3.63, 3.8) is 0 Å². The van der Waals surface area contributed by atoms with Gasteiger partial charge in [0.05, 0.1) is 6.17 Å². The van der Waals surface area contributed by atoms with Crippen molar-refractivity contribution in [1.82, 2.24) is 0 Å². The normalized spacial score (nSPS) is 9.57. The monoisotopic (exact) mass is 102 g/mol. The van der Waals surface area contributed by atoms with E-state index in [-0.39, 0.29) is 6.17 Å². The zero-order chi connectivity index (χ0) is 5.70. The molecule has 0 unspecified atom stereocenters. The Morgan fingerprint density at radius 1 is 1.57 bits per heavy atom. The summed E-state index contributed by atoms with van der Waals surface area (Å²) >= 11 is 0. The summed E-state index contributed by atoms with van der Waals surface area (Å²) in [5.41, 5.74) is 10.2. The Morgan fingerprint density at radius 3 is 2.29 bits per heavy atom. The number of carbonyl (C=O) groups excluding carboxylic acids is 1. The molecule has 0 bridgehead atoms. The van der Waals surface area contributed by atoms with Crippen LogP contribution < -0.4 is 11.5 Å². The maximum absolute atomic E-state index is 9.60. The Labute approximate surface area is 42.7 Å². The van der Waals surface area contributed by atoms with E-state index in [1.165, 1.54) is 0 Å². The van der Waals surface area contributed by atoms with Crippen molar-refractivity contribution in [2.75, 3.05) is 0 Å². The van der Waals surface area contributed by atoms with Gasteiger partial charge in [-0.05, 0) is 6.42 Å². The molecule has 0 aliphatic heterocycles. The van der Waals surface area contributed by atoms with Gasteiger partial charge >= 0.3 is 0 Å². The Hall–Kier alpha value is -0.410. The summed E-state index contributed by atoms with van der Waals surface area (Å²) in [6.07, 6.45) is 1.54. The van der Waals surface area contributed by atoms with Crippen LogP contribution in [0.4, 0.5) is 0 Å². The highest BCUT2D eigenvalue weighted by molar-refractivity contribution is 5.49. The van der Waals surface area contributed by atoms with Crippen LogP contribution in [-0.2, 0) is 4.79 Å². The molecule has 0 amide bonds. The summed E-state index contributed by atoms with van der Waals surface area (Å²) in [7, 11) is 0. The number of rotatable bonds is 3. The minimum absolute atomic E-state index is 0.329. The molecule has 0 radical (unpaired) electrons. The van der Waals surface area contributed by atoms with Crippen molar-refractivity contribution in [3.8, 4) is 0 Å². The molecule has 42 valence electrons. The first-order valence-corrected chi connectivity index (χ1v) is 2.22. The molecule has 0 aromatic rings. The van der Waals surface area contributed by atoms with Crippen molar-refractivity contribution >= 4 is 6.29 Å². The van der Waals surface area contributed by atoms with E-state index in [4.69, 9.17) is 11.5 Å². The molecule has 0 spiro atoms. The van der Waals surface area contributed by atoms with Gasteiger partial charge in [0.25, 0.3) is 0 Å². The van der Waals surface area contributed by atoms with E-state index in [1.807, 2.05) is 0 Å². The fraction of sp³-hybridized carbons (Fsp3) is 0.750. The van der Waals surface area contributed by atoms with Crippen LogP contribution in [0.2, 0.25) is 0 Å². The molecule has 4 N–H and O–H groups in total. The van der Waals surface area contributed by atoms with Gasteiger partial charge in [-0.25, -0.2) is 0 Å². The molecule has 0 saturated carbocycles. The predicted octanol–water partition coefficient (Wildman–Crippen LogP) is -0.791. The summed E-state index contributed by atoms with van der Waals surface area (Å²) < 4.78 is 0. The first-order chi connectivity index (χ1) is 3.27. The van der Waals surface area contributed by atoms with E-state index in [1.54, 1.807) is 0 Å². The third-order valence-corrected chi connectivity index (χ3v) is 0.618. The van der Waals surface area contributed by atoms with E-state index >= 15 is 0 Å². The maximum Gasteiger partial charge on any atom is 0.120 e. The Morgan fingerprint density at radius 2 is 2.14 bits per heavy atom. The molecule has 0 aliphatic carbocycles. The molecule has 0 aromatic heterocycles. The third-order valence-electron chi connectivity index (χ3n) is 0.618. The van der Waals surface area contributed by atoms with Gasteiger partial charge < -0.3 is 16.3 Å². The average molecular weight is 102 g/mol. The lowest BCUT2D eigenvalue weighted by atomic mass is 10.3. The summed E-state index contributed by atoms with van der Waals surface area (Å²) in [6.45, 7) is 0. The van der Waals surface area contributed by atoms with Crippen molar-refractivity contribution in [3.05, 3.63) is 0 Å². The molecule has 0 heterocycles. The smallest absolute Gasteiger partial charge is 0.120 e. The summed E-state index contributed by atoms with van der Waals surface area (Å²) in [5.74, 6) is 0. The number of carbonyl (C=O) groups is 1. The van der Waals surface area contributed by atoms with E-state index in [2.05, 4.69) is 0 Å². The van der Waals surface area contributed by atoms with E-state index in [0.717, 1.165) is 6.29 Å². The molecule has 0 aliphatic rings. The lowest BCUT2D eigenvalue weighted by Gasteiger charge is -1.97. The van der Waals surface area contributed by atoms with Gasteiger partial charge in [-0.2, -0.15) is 0 Å². The van der Waals surface area contributed by atoms with Crippen LogP contribution in [0.3, 0.4) is 0 Å². The van der Waals surface area contributed by atoms with Crippen molar-refractivity contribution in [2.45, 2.75) is 19.0 Å². The van der Waals surface area contributed by atoms with E-state index < -0.39 is 0 Å². The second kappa shape index (κ2) is 3.77. The third kappa shape index (κ3) is 5.59. The number of hydrogen-bond donors (Lipinski definition) is 2. The van der Waals surface area contributed by atoms with Gasteiger partial charge in [-0.3, -0.25) is 0 Å². The number of hydrogen-bond acceptors (Lipinski definition) is 3. The van der Waals surface area contributed by atoms with E-state index in [9.17, 15) is 4.79 Å². The van der Waals surface area contributed by atoms with Gasteiger partial charge in [0.1, 0.15) is 6.29 Å². The van der Waals surface area contributed by atoms with Crippen molar-refractivity contribution in [1.29, 1.82) is 0 Å². The topological polar surface area (TPSA) is 69.1 Å². The van der Waals surface area contributed by atoms with Crippen LogP contribution in [0.1, 0.15) is 12.8 Å². The maximum atomic E-state index is 9.60. The summed E-state index contributed by atoms with van der Waals surface area (Å²) in [4.78, 5) is 9.60. The zero-order valence-corrected chi connectivity index (χ0v) is 4.13. The fourth-order valence-corrected chi connectivity index (χ4v) is 0.260. The Balaban J connectivity index is 2.81. The van der Waals surface area contributed by atoms with Gasteiger partial charge in [0.15, 0.2) is 0 Å². The molecule has 0 saturated heterocycles. The van der Waals surface area contributed by atoms with Crippen LogP contribution >= 0.6 is 0 Å². The lowest BCUT2D eigenvalue weighted by Crippen LogP contribution is -2.29. The highest BCUT2D eigenvalue weighted by Gasteiger charge is 1.89. The molecular weight excluding hydrogens is 92.1 g/mol. The first-order valence-electron chi connectivity index (χ1n) is 2.22. The highest BCUT2D eigenvalue weighted by atomic mass is 16.1. The largest absolute Gasteiger partial charge is 0.316 e. The van der Waals surface area contributed by atoms with Crippen LogP contribution in [0, 0.1) is 0 Å². The predicted molar refractivity (Wildman–Crippen MR) is 27.5 cm³/mol. The molecule has 0 fully saturated rings. The quantitative estimate of drug-likeness (QED) is 0.362. The highest BCUT2D eigenvalue weighted by Crippen LogP contribution is 1.81. The second-order valence-corrected chi connectivity index (χ2v) is 1.41. The minimum Gasteiger partial charge on any atom is -0.316 e. The number of aldehydes is 1. The number of nitrogens with two attached hydrogens (primary N) is 2. The summed E-state index contributed by atoms with van der Waals surface area (Å²) in [5, 5.41) is 0.